The van der Waals surface area contributed by atoms with Gasteiger partial charge < -0.3 is 0 Å². The second-order valence-corrected chi connectivity index (χ2v) is 3.10. The van der Waals surface area contributed by atoms with Crippen molar-refractivity contribution < 1.29 is 0 Å². The normalized spacial score (nSPS) is 34.2. The molecular weight excluding hydrogens is 124 g/mol. The molecule has 0 aromatic heterocycles. The fourth-order valence-electron chi connectivity index (χ4n) is 1.70. The van der Waals surface area contributed by atoms with Gasteiger partial charge in [-0.3, -0.25) is 10.9 Å². The molecule has 2 atom stereocenters. The molecule has 1 saturated heterocycles. The van der Waals surface area contributed by atoms with Crippen LogP contribution in [0.2, 0.25) is 0 Å². The molecule has 0 bridgehead atoms. The van der Waals surface area contributed by atoms with Gasteiger partial charge in [-0.15, -0.1) is 0 Å². The first-order valence-electron chi connectivity index (χ1n) is 4.34. The smallest absolute Gasteiger partial charge is 0.0131 e. The van der Waals surface area contributed by atoms with E-state index in [-0.39, 0.29) is 0 Å². The topological polar surface area (TPSA) is 24.1 Å². The summed E-state index contributed by atoms with van der Waals surface area (Å²) in [6, 6.07) is 0. The van der Waals surface area contributed by atoms with Crippen LogP contribution in [-0.4, -0.2) is 13.1 Å². The molecule has 10 heavy (non-hydrogen) atoms. The van der Waals surface area contributed by atoms with Crippen LogP contribution in [0.25, 0.3) is 0 Å². The third kappa shape index (κ3) is 1.70. The van der Waals surface area contributed by atoms with Crippen molar-refractivity contribution in [2.45, 2.75) is 26.7 Å². The van der Waals surface area contributed by atoms with Crippen molar-refractivity contribution >= 4 is 0 Å². The lowest BCUT2D eigenvalue weighted by Gasteiger charge is -2.31. The Morgan fingerprint density at radius 3 is 1.70 bits per heavy atom. The minimum atomic E-state index is 0.895. The standard InChI is InChI=1S/C8H18N2/c1-3-7-5-9-10-6-8(7)4-2/h7-10H,3-6H2,1-2H3. The lowest BCUT2D eigenvalue weighted by molar-refractivity contribution is 0.220. The Labute approximate surface area is 63.4 Å². The minimum absolute atomic E-state index is 0.895. The lowest BCUT2D eigenvalue weighted by Crippen LogP contribution is -2.48. The van der Waals surface area contributed by atoms with E-state index in [0.717, 1.165) is 24.9 Å². The summed E-state index contributed by atoms with van der Waals surface area (Å²) >= 11 is 0. The summed E-state index contributed by atoms with van der Waals surface area (Å²) in [4.78, 5) is 0. The Morgan fingerprint density at radius 2 is 1.40 bits per heavy atom. The molecule has 0 aromatic carbocycles. The predicted octanol–water partition coefficient (Wildman–Crippen LogP) is 1.15. The maximum absolute atomic E-state index is 3.20. The predicted molar refractivity (Wildman–Crippen MR) is 43.6 cm³/mol. The molecule has 0 radical (unpaired) electrons. The molecule has 0 spiro atoms. The Bertz CT molecular complexity index is 81.3. The van der Waals surface area contributed by atoms with Gasteiger partial charge in [0.25, 0.3) is 0 Å². The van der Waals surface area contributed by atoms with Crippen LogP contribution < -0.4 is 10.9 Å². The molecule has 2 N–H and O–H groups in total. The van der Waals surface area contributed by atoms with E-state index in [1.54, 1.807) is 0 Å². The fourth-order valence-corrected chi connectivity index (χ4v) is 1.70. The average Bonchev–Trinajstić information content (AvgIpc) is 2.04. The van der Waals surface area contributed by atoms with E-state index in [0.29, 0.717) is 0 Å². The van der Waals surface area contributed by atoms with Gasteiger partial charge in [-0.25, -0.2) is 0 Å². The summed E-state index contributed by atoms with van der Waals surface area (Å²) in [6.07, 6.45) is 2.63. The molecule has 1 aliphatic heterocycles. The van der Waals surface area contributed by atoms with Gasteiger partial charge in [-0.2, -0.15) is 0 Å². The van der Waals surface area contributed by atoms with E-state index in [4.69, 9.17) is 0 Å². The zero-order chi connectivity index (χ0) is 7.40. The zero-order valence-corrected chi connectivity index (χ0v) is 6.98. The maximum atomic E-state index is 3.20. The van der Waals surface area contributed by atoms with Crippen molar-refractivity contribution in [1.82, 2.24) is 10.9 Å². The Balaban J connectivity index is 2.34. The van der Waals surface area contributed by atoms with Crippen LogP contribution in [-0.2, 0) is 0 Å². The molecule has 0 aromatic rings. The highest BCUT2D eigenvalue weighted by atomic mass is 15.4. The van der Waals surface area contributed by atoms with Gasteiger partial charge in [-0.05, 0) is 11.8 Å². The molecule has 2 heteroatoms. The summed E-state index contributed by atoms with van der Waals surface area (Å²) in [5.41, 5.74) is 6.40. The Kier molecular flexibility index (Phi) is 3.16. The third-order valence-electron chi connectivity index (χ3n) is 2.57. The third-order valence-corrected chi connectivity index (χ3v) is 2.57. The molecule has 1 heterocycles. The summed E-state index contributed by atoms with van der Waals surface area (Å²) in [7, 11) is 0. The number of nitrogens with one attached hydrogen (secondary N) is 2. The van der Waals surface area contributed by atoms with Crippen molar-refractivity contribution in [3.63, 3.8) is 0 Å². The van der Waals surface area contributed by atoms with E-state index in [1.807, 2.05) is 0 Å². The first kappa shape index (κ1) is 8.02. The van der Waals surface area contributed by atoms with Crippen LogP contribution in [0.3, 0.4) is 0 Å². The fraction of sp³-hybridized carbons (Fsp3) is 1.00. The van der Waals surface area contributed by atoms with Crippen LogP contribution in [0, 0.1) is 11.8 Å². The molecule has 0 amide bonds. The highest BCUT2D eigenvalue weighted by molar-refractivity contribution is 4.74. The van der Waals surface area contributed by atoms with Crippen LogP contribution in [0.1, 0.15) is 26.7 Å². The van der Waals surface area contributed by atoms with Crippen molar-refractivity contribution in [3.05, 3.63) is 0 Å². The van der Waals surface area contributed by atoms with E-state index in [9.17, 15) is 0 Å². The summed E-state index contributed by atoms with van der Waals surface area (Å²) in [5, 5.41) is 0. The number of rotatable bonds is 2. The van der Waals surface area contributed by atoms with Crippen LogP contribution in [0.15, 0.2) is 0 Å². The Hall–Kier alpha value is -0.0800. The molecule has 1 aliphatic rings. The summed E-state index contributed by atoms with van der Waals surface area (Å²) < 4.78 is 0. The van der Waals surface area contributed by atoms with Gasteiger partial charge in [0.1, 0.15) is 0 Å². The zero-order valence-electron chi connectivity index (χ0n) is 6.98. The quantitative estimate of drug-likeness (QED) is 0.604. The van der Waals surface area contributed by atoms with Crippen molar-refractivity contribution in [2.24, 2.45) is 11.8 Å². The molecule has 2 nitrogen and oxygen atoms in total. The first-order chi connectivity index (χ1) is 4.88. The number of hydrogen-bond donors (Lipinski definition) is 2. The number of hydrazine groups is 1. The summed E-state index contributed by atoms with van der Waals surface area (Å²) in [5.74, 6) is 1.79. The SMILES string of the molecule is CCC1CNNCC1CC. The molecule has 0 aliphatic carbocycles. The maximum Gasteiger partial charge on any atom is 0.0131 e. The van der Waals surface area contributed by atoms with Gasteiger partial charge in [0.2, 0.25) is 0 Å². The number of hydrogen-bond acceptors (Lipinski definition) is 2. The van der Waals surface area contributed by atoms with Crippen LogP contribution in [0.4, 0.5) is 0 Å². The molecule has 1 fully saturated rings. The van der Waals surface area contributed by atoms with E-state index >= 15 is 0 Å². The average molecular weight is 142 g/mol. The van der Waals surface area contributed by atoms with Crippen LogP contribution in [0.5, 0.6) is 0 Å². The van der Waals surface area contributed by atoms with Gasteiger partial charge >= 0.3 is 0 Å². The van der Waals surface area contributed by atoms with Gasteiger partial charge in [0.15, 0.2) is 0 Å². The van der Waals surface area contributed by atoms with Gasteiger partial charge in [-0.1, -0.05) is 26.7 Å². The van der Waals surface area contributed by atoms with Crippen molar-refractivity contribution in [1.29, 1.82) is 0 Å². The molecule has 60 valence electrons. The van der Waals surface area contributed by atoms with E-state index in [1.165, 1.54) is 12.8 Å². The van der Waals surface area contributed by atoms with Crippen molar-refractivity contribution in [3.8, 4) is 0 Å². The largest absolute Gasteiger partial charge is 0.258 e. The molecule has 2 unspecified atom stereocenters. The van der Waals surface area contributed by atoms with E-state index < -0.39 is 0 Å². The molecule has 1 rings (SSSR count). The highest BCUT2D eigenvalue weighted by Gasteiger charge is 2.20. The minimum Gasteiger partial charge on any atom is -0.258 e. The first-order valence-corrected chi connectivity index (χ1v) is 4.34. The second kappa shape index (κ2) is 3.94. The van der Waals surface area contributed by atoms with E-state index in [2.05, 4.69) is 24.7 Å². The second-order valence-electron chi connectivity index (χ2n) is 3.10. The molecule has 0 saturated carbocycles. The Morgan fingerprint density at radius 1 is 1.00 bits per heavy atom. The summed E-state index contributed by atoms with van der Waals surface area (Å²) in [6.45, 7) is 6.85. The highest BCUT2D eigenvalue weighted by Crippen LogP contribution is 2.19. The van der Waals surface area contributed by atoms with Crippen LogP contribution >= 0.6 is 0 Å². The van der Waals surface area contributed by atoms with Gasteiger partial charge in [0.05, 0.1) is 0 Å². The lowest BCUT2D eigenvalue weighted by atomic mass is 9.87. The van der Waals surface area contributed by atoms with Gasteiger partial charge in [0, 0.05) is 13.1 Å². The van der Waals surface area contributed by atoms with Crippen molar-refractivity contribution in [2.75, 3.05) is 13.1 Å². The monoisotopic (exact) mass is 142 g/mol. The molecular formula is C8H18N2.